The van der Waals surface area contributed by atoms with Crippen LogP contribution in [0.3, 0.4) is 0 Å². The van der Waals surface area contributed by atoms with Crippen LogP contribution in [-0.4, -0.2) is 91.5 Å². The number of aromatic amines is 1. The Morgan fingerprint density at radius 3 is 2.79 bits per heavy atom. The summed E-state index contributed by atoms with van der Waals surface area (Å²) in [4.78, 5) is 9.02. The maximum Gasteiger partial charge on any atom is 0.240 e. The summed E-state index contributed by atoms with van der Waals surface area (Å²) in [5.74, 6) is 1.27. The fourth-order valence-electron chi connectivity index (χ4n) is 5.12. The smallest absolute Gasteiger partial charge is 0.240 e. The van der Waals surface area contributed by atoms with Crippen molar-refractivity contribution < 1.29 is 9.47 Å². The van der Waals surface area contributed by atoms with E-state index < -0.39 is 0 Å². The molecule has 1 aliphatic rings. The molecule has 0 saturated heterocycles. The Hall–Kier alpha value is -3.96. The van der Waals surface area contributed by atoms with Crippen molar-refractivity contribution in [1.29, 1.82) is 0 Å². The van der Waals surface area contributed by atoms with Crippen LogP contribution in [0.15, 0.2) is 18.8 Å². The van der Waals surface area contributed by atoms with Gasteiger partial charge in [0, 0.05) is 37.8 Å². The van der Waals surface area contributed by atoms with Crippen molar-refractivity contribution in [3.63, 3.8) is 0 Å². The lowest BCUT2D eigenvalue weighted by molar-refractivity contribution is 0.147. The molecular formula is C28H37N9O2. The summed E-state index contributed by atoms with van der Waals surface area (Å²) in [6.45, 7) is 12.8. The maximum atomic E-state index is 6.51. The number of nitrogens with zero attached hydrogens (tertiary/aromatic N) is 8. The van der Waals surface area contributed by atoms with E-state index in [1.54, 1.807) is 10.9 Å². The number of ether oxygens (including phenoxy) is 2. The van der Waals surface area contributed by atoms with E-state index in [-0.39, 0.29) is 6.10 Å². The molecule has 5 rings (SSSR count). The number of nitrogens with one attached hydrogen (secondary N) is 1. The van der Waals surface area contributed by atoms with E-state index in [9.17, 15) is 0 Å². The van der Waals surface area contributed by atoms with Crippen LogP contribution in [0.5, 0.6) is 11.8 Å². The highest BCUT2D eigenvalue weighted by molar-refractivity contribution is 5.92. The van der Waals surface area contributed by atoms with E-state index in [0.717, 1.165) is 50.5 Å². The lowest BCUT2D eigenvalue weighted by Crippen LogP contribution is -2.32. The van der Waals surface area contributed by atoms with Gasteiger partial charge in [-0.1, -0.05) is 6.58 Å². The van der Waals surface area contributed by atoms with Crippen LogP contribution in [-0.2, 0) is 13.6 Å². The van der Waals surface area contributed by atoms with Crippen LogP contribution in [0.2, 0.25) is 0 Å². The number of likely N-dealkylation sites (N-methyl/N-ethyl adjacent to an activating group) is 2. The SMILES string of the molecule is C=C(CN(C)C)n1nc(OCC)c2c1CN(C)C[C@H](C)Oc1c(c(C)nn1C)-c1cc3c(n[nH]c3cn1)/C=C/2. The summed E-state index contributed by atoms with van der Waals surface area (Å²) in [5.41, 5.74) is 6.93. The minimum atomic E-state index is -0.117. The van der Waals surface area contributed by atoms with Gasteiger partial charge in [-0.3, -0.25) is 15.0 Å². The molecule has 5 heterocycles. The molecule has 0 aliphatic carbocycles. The Morgan fingerprint density at radius 1 is 1.26 bits per heavy atom. The number of rotatable bonds is 5. The van der Waals surface area contributed by atoms with Crippen LogP contribution < -0.4 is 9.47 Å². The summed E-state index contributed by atoms with van der Waals surface area (Å²) in [5, 5.41) is 18.1. The number of aromatic nitrogens is 7. The molecule has 11 nitrogen and oxygen atoms in total. The minimum Gasteiger partial charge on any atom is -0.476 e. The molecule has 2 bridgehead atoms. The number of fused-ring (bicyclic) bond motifs is 4. The molecule has 0 saturated carbocycles. The van der Waals surface area contributed by atoms with Crippen LogP contribution >= 0.6 is 0 Å². The van der Waals surface area contributed by atoms with Gasteiger partial charge in [0.2, 0.25) is 11.8 Å². The Bertz CT molecular complexity index is 1540. The van der Waals surface area contributed by atoms with E-state index in [2.05, 4.69) is 45.6 Å². The number of hydrogen-bond acceptors (Lipinski definition) is 8. The average molecular weight is 532 g/mol. The van der Waals surface area contributed by atoms with Crippen LogP contribution in [0.25, 0.3) is 40.0 Å². The molecule has 0 unspecified atom stereocenters. The molecule has 0 amide bonds. The molecule has 4 aromatic rings. The highest BCUT2D eigenvalue weighted by atomic mass is 16.5. The van der Waals surface area contributed by atoms with Crippen molar-refractivity contribution in [2.24, 2.45) is 7.05 Å². The fourth-order valence-corrected chi connectivity index (χ4v) is 5.12. The Kier molecular flexibility index (Phi) is 7.28. The molecule has 0 spiro atoms. The molecule has 206 valence electrons. The van der Waals surface area contributed by atoms with E-state index in [4.69, 9.17) is 19.6 Å². The van der Waals surface area contributed by atoms with Gasteiger partial charge < -0.3 is 14.4 Å². The van der Waals surface area contributed by atoms with Gasteiger partial charge in [0.25, 0.3) is 0 Å². The summed E-state index contributed by atoms with van der Waals surface area (Å²) < 4.78 is 16.2. The standard InChI is InChI=1S/C28H37N9O2/c1-9-38-27-20-10-11-22-21-12-23(29-13-24(21)31-30-22)26-19(4)32-36(8)28(26)39-18(3)15-35(7)16-25(20)37(33-27)17(2)14-34(5)6/h10-13,18H,2,9,14-16H2,1,3-8H3,(H,30,31)/b11-10+/t18-/m0/s1. The molecular weight excluding hydrogens is 494 g/mol. The second kappa shape index (κ2) is 10.7. The topological polar surface area (TPSA) is 102 Å². The van der Waals surface area contributed by atoms with E-state index in [1.807, 2.05) is 57.9 Å². The zero-order valence-corrected chi connectivity index (χ0v) is 23.8. The normalized spacial score (nSPS) is 17.0. The number of H-pyrrole nitrogens is 1. The summed E-state index contributed by atoms with van der Waals surface area (Å²) >= 11 is 0. The maximum absolute atomic E-state index is 6.51. The van der Waals surface area contributed by atoms with E-state index in [1.165, 1.54) is 0 Å². The third kappa shape index (κ3) is 5.19. The van der Waals surface area contributed by atoms with Gasteiger partial charge in [-0.25, -0.2) is 9.36 Å². The Labute approximate surface area is 228 Å². The van der Waals surface area contributed by atoms with Crippen molar-refractivity contribution in [3.05, 3.63) is 41.5 Å². The van der Waals surface area contributed by atoms with Crippen LogP contribution in [0, 0.1) is 6.92 Å². The zero-order chi connectivity index (χ0) is 27.8. The van der Waals surface area contributed by atoms with Gasteiger partial charge in [-0.15, -0.1) is 5.10 Å². The van der Waals surface area contributed by atoms with Crippen molar-refractivity contribution in [3.8, 4) is 23.0 Å². The first-order valence-electron chi connectivity index (χ1n) is 13.1. The number of aryl methyl sites for hydroxylation is 2. The van der Waals surface area contributed by atoms with Crippen LogP contribution in [0.4, 0.5) is 0 Å². The lowest BCUT2D eigenvalue weighted by atomic mass is 10.1. The van der Waals surface area contributed by atoms with Crippen molar-refractivity contribution in [2.75, 3.05) is 40.8 Å². The monoisotopic (exact) mass is 531 g/mol. The first kappa shape index (κ1) is 26.6. The molecule has 0 fully saturated rings. The summed E-state index contributed by atoms with van der Waals surface area (Å²) in [6.07, 6.45) is 5.73. The minimum absolute atomic E-state index is 0.117. The molecule has 4 aromatic heterocycles. The van der Waals surface area contributed by atoms with Crippen molar-refractivity contribution >= 4 is 28.8 Å². The average Bonchev–Trinajstić information content (AvgIpc) is 3.50. The van der Waals surface area contributed by atoms with E-state index >= 15 is 0 Å². The molecule has 1 aliphatic heterocycles. The third-order valence-electron chi connectivity index (χ3n) is 6.68. The summed E-state index contributed by atoms with van der Waals surface area (Å²) in [6, 6.07) is 2.04. The summed E-state index contributed by atoms with van der Waals surface area (Å²) in [7, 11) is 8.02. The Balaban J connectivity index is 1.70. The van der Waals surface area contributed by atoms with Gasteiger partial charge in [-0.05, 0) is 60.1 Å². The molecule has 11 heteroatoms. The van der Waals surface area contributed by atoms with Crippen molar-refractivity contribution in [1.82, 2.24) is 44.5 Å². The lowest BCUT2D eigenvalue weighted by Gasteiger charge is -2.24. The Morgan fingerprint density at radius 2 is 2.05 bits per heavy atom. The van der Waals surface area contributed by atoms with Gasteiger partial charge in [-0.2, -0.15) is 10.2 Å². The first-order chi connectivity index (χ1) is 18.7. The quantitative estimate of drug-likeness (QED) is 0.416. The third-order valence-corrected chi connectivity index (χ3v) is 6.68. The molecule has 0 aromatic carbocycles. The highest BCUT2D eigenvalue weighted by Crippen LogP contribution is 2.35. The second-order valence-corrected chi connectivity index (χ2v) is 10.4. The van der Waals surface area contributed by atoms with Gasteiger partial charge in [0.1, 0.15) is 6.10 Å². The predicted molar refractivity (Wildman–Crippen MR) is 153 cm³/mol. The number of hydrogen-bond donors (Lipinski definition) is 1. The van der Waals surface area contributed by atoms with E-state index in [0.29, 0.717) is 38.0 Å². The second-order valence-electron chi connectivity index (χ2n) is 10.4. The highest BCUT2D eigenvalue weighted by Gasteiger charge is 2.24. The van der Waals surface area contributed by atoms with Gasteiger partial charge >= 0.3 is 0 Å². The van der Waals surface area contributed by atoms with Crippen LogP contribution in [0.1, 0.15) is 36.5 Å². The number of pyridine rings is 1. The molecule has 0 radical (unpaired) electrons. The molecule has 1 atom stereocenters. The van der Waals surface area contributed by atoms with Gasteiger partial charge in [0.15, 0.2) is 0 Å². The van der Waals surface area contributed by atoms with Gasteiger partial charge in [0.05, 0.1) is 52.2 Å². The molecule has 39 heavy (non-hydrogen) atoms. The zero-order valence-electron chi connectivity index (χ0n) is 23.8. The molecule has 1 N–H and O–H groups in total. The predicted octanol–water partition coefficient (Wildman–Crippen LogP) is 3.68. The fraction of sp³-hybridized carbons (Fsp3) is 0.429. The largest absolute Gasteiger partial charge is 0.476 e. The van der Waals surface area contributed by atoms with Crippen molar-refractivity contribution in [2.45, 2.75) is 33.4 Å². The first-order valence-corrected chi connectivity index (χ1v) is 13.1.